The Labute approximate surface area is 201 Å². The quantitative estimate of drug-likeness (QED) is 0.487. The lowest BCUT2D eigenvalue weighted by Crippen LogP contribution is -2.34. The molecule has 3 aromatic rings. The number of nitrogens with one attached hydrogen (secondary N) is 1. The molecule has 0 spiro atoms. The number of carbonyl (C=O) groups excluding carboxylic acids is 2. The van der Waals surface area contributed by atoms with Gasteiger partial charge >= 0.3 is 0 Å². The average Bonchev–Trinajstić information content (AvgIpc) is 3.37. The summed E-state index contributed by atoms with van der Waals surface area (Å²) in [5.41, 5.74) is 8.19. The van der Waals surface area contributed by atoms with Crippen molar-refractivity contribution in [2.24, 2.45) is 0 Å². The molecule has 2 aromatic heterocycles. The number of aromatic nitrogens is 3. The topological polar surface area (TPSA) is 106 Å². The van der Waals surface area contributed by atoms with Crippen LogP contribution in [0.2, 0.25) is 0 Å². The zero-order valence-corrected chi connectivity index (χ0v) is 20.2. The second-order valence-corrected chi connectivity index (χ2v) is 9.00. The Morgan fingerprint density at radius 2 is 2.06 bits per heavy atom. The summed E-state index contributed by atoms with van der Waals surface area (Å²) in [6.45, 7) is 8.12. The van der Waals surface area contributed by atoms with Crippen molar-refractivity contribution in [2.45, 2.75) is 44.8 Å². The molecule has 3 atom stereocenters. The summed E-state index contributed by atoms with van der Waals surface area (Å²) >= 11 is 3.66. The standard InChI is InChI=1S/C24H27BrN6O2/c1-4-16-11-17(12-30(16)18(32)5-2)31-21(25)19(20-22(26)27-13-28-23(20)31)24(33)29-14(3)15-9-7-6-8-10-15/h5-10,13-14,16-17H,2,4,11-12H2,1,3H3,(H,29,33)(H2,26,27,28)/t14-,16+,17-/m1/s1. The maximum Gasteiger partial charge on any atom is 0.255 e. The minimum Gasteiger partial charge on any atom is -0.383 e. The number of rotatable bonds is 6. The van der Waals surface area contributed by atoms with E-state index in [1.54, 1.807) is 0 Å². The van der Waals surface area contributed by atoms with Crippen LogP contribution >= 0.6 is 15.9 Å². The van der Waals surface area contributed by atoms with E-state index < -0.39 is 0 Å². The number of fused-ring (bicyclic) bond motifs is 1. The Balaban J connectivity index is 1.75. The van der Waals surface area contributed by atoms with Gasteiger partial charge in [0.1, 0.15) is 22.4 Å². The number of nitrogen functional groups attached to an aromatic ring is 1. The highest BCUT2D eigenvalue weighted by atomic mass is 79.9. The van der Waals surface area contributed by atoms with Crippen molar-refractivity contribution in [3.63, 3.8) is 0 Å². The Morgan fingerprint density at radius 1 is 1.33 bits per heavy atom. The van der Waals surface area contributed by atoms with Gasteiger partial charge in [0.2, 0.25) is 5.91 Å². The molecule has 172 valence electrons. The first-order valence-electron chi connectivity index (χ1n) is 11.0. The first-order valence-corrected chi connectivity index (χ1v) is 11.7. The van der Waals surface area contributed by atoms with Gasteiger partial charge in [-0.3, -0.25) is 9.59 Å². The number of amides is 2. The first-order chi connectivity index (χ1) is 15.9. The second kappa shape index (κ2) is 9.35. The van der Waals surface area contributed by atoms with Crippen molar-refractivity contribution in [3.8, 4) is 0 Å². The molecule has 3 N–H and O–H groups in total. The zero-order chi connectivity index (χ0) is 23.7. The normalized spacial score (nSPS) is 18.9. The van der Waals surface area contributed by atoms with Crippen molar-refractivity contribution in [2.75, 3.05) is 12.3 Å². The van der Waals surface area contributed by atoms with Crippen LogP contribution in [0.5, 0.6) is 0 Å². The van der Waals surface area contributed by atoms with Gasteiger partial charge in [-0.1, -0.05) is 43.8 Å². The zero-order valence-electron chi connectivity index (χ0n) is 18.7. The maximum atomic E-state index is 13.4. The molecule has 8 nitrogen and oxygen atoms in total. The molecular weight excluding hydrogens is 484 g/mol. The second-order valence-electron chi connectivity index (χ2n) is 8.25. The highest BCUT2D eigenvalue weighted by Gasteiger charge is 2.37. The lowest BCUT2D eigenvalue weighted by atomic mass is 10.1. The van der Waals surface area contributed by atoms with Crippen molar-refractivity contribution < 1.29 is 9.59 Å². The van der Waals surface area contributed by atoms with Crippen LogP contribution in [0.15, 0.2) is 53.9 Å². The number of likely N-dealkylation sites (tertiary alicyclic amines) is 1. The van der Waals surface area contributed by atoms with E-state index in [0.29, 0.717) is 27.7 Å². The van der Waals surface area contributed by atoms with E-state index in [9.17, 15) is 9.59 Å². The van der Waals surface area contributed by atoms with Gasteiger partial charge in [0.15, 0.2) is 0 Å². The van der Waals surface area contributed by atoms with Crippen molar-refractivity contribution in [3.05, 3.63) is 65.0 Å². The summed E-state index contributed by atoms with van der Waals surface area (Å²) < 4.78 is 2.55. The molecule has 3 heterocycles. The Kier molecular flexibility index (Phi) is 6.51. The fourth-order valence-corrected chi connectivity index (χ4v) is 5.45. The fourth-order valence-electron chi connectivity index (χ4n) is 4.62. The lowest BCUT2D eigenvalue weighted by Gasteiger charge is -2.21. The summed E-state index contributed by atoms with van der Waals surface area (Å²) in [7, 11) is 0. The van der Waals surface area contributed by atoms with E-state index in [-0.39, 0.29) is 35.8 Å². The van der Waals surface area contributed by atoms with Crippen LogP contribution in [0.1, 0.15) is 54.7 Å². The van der Waals surface area contributed by atoms with Gasteiger partial charge in [0, 0.05) is 12.6 Å². The molecule has 33 heavy (non-hydrogen) atoms. The number of halogens is 1. The summed E-state index contributed by atoms with van der Waals surface area (Å²) in [5, 5.41) is 3.56. The van der Waals surface area contributed by atoms with Crippen molar-refractivity contribution in [1.82, 2.24) is 24.8 Å². The number of anilines is 1. The summed E-state index contributed by atoms with van der Waals surface area (Å²) in [4.78, 5) is 36.3. The van der Waals surface area contributed by atoms with E-state index in [1.807, 2.05) is 46.7 Å². The van der Waals surface area contributed by atoms with Gasteiger partial charge in [-0.15, -0.1) is 0 Å². The van der Waals surface area contributed by atoms with Crippen molar-refractivity contribution in [1.29, 1.82) is 0 Å². The molecule has 1 aromatic carbocycles. The minimum atomic E-state index is -0.271. The number of hydrogen-bond acceptors (Lipinski definition) is 5. The molecule has 4 rings (SSSR count). The molecule has 0 aliphatic carbocycles. The number of nitrogens with two attached hydrogens (primary N) is 1. The minimum absolute atomic E-state index is 0.0712. The smallest absolute Gasteiger partial charge is 0.255 e. The van der Waals surface area contributed by atoms with E-state index in [1.165, 1.54) is 12.4 Å². The average molecular weight is 511 g/mol. The van der Waals surface area contributed by atoms with Crippen LogP contribution in [0, 0.1) is 0 Å². The SMILES string of the molecule is C=CC(=O)N1C[C@H](n2c(Br)c(C(=O)N[C@H](C)c3ccccc3)c3c(N)ncnc32)C[C@@H]1CC. The molecule has 0 saturated carbocycles. The van der Waals surface area contributed by atoms with E-state index in [4.69, 9.17) is 5.73 Å². The molecule has 1 aliphatic heterocycles. The molecule has 1 fully saturated rings. The van der Waals surface area contributed by atoms with Crippen LogP contribution in [0.3, 0.4) is 0 Å². The highest BCUT2D eigenvalue weighted by Crippen LogP contribution is 2.39. The first kappa shape index (κ1) is 23.0. The molecule has 9 heteroatoms. The third kappa shape index (κ3) is 4.13. The fraction of sp³-hybridized carbons (Fsp3) is 0.333. The third-order valence-electron chi connectivity index (χ3n) is 6.31. The van der Waals surface area contributed by atoms with Crippen LogP contribution in [-0.4, -0.2) is 43.8 Å². The Bertz CT molecular complexity index is 1210. The molecule has 0 radical (unpaired) electrons. The van der Waals surface area contributed by atoms with Crippen LogP contribution in [0.4, 0.5) is 5.82 Å². The van der Waals surface area contributed by atoms with Gasteiger partial charge in [0.05, 0.1) is 23.0 Å². The van der Waals surface area contributed by atoms with E-state index >= 15 is 0 Å². The molecule has 1 saturated heterocycles. The largest absolute Gasteiger partial charge is 0.383 e. The summed E-state index contributed by atoms with van der Waals surface area (Å²) in [5.74, 6) is -0.130. The summed E-state index contributed by atoms with van der Waals surface area (Å²) in [6, 6.07) is 9.55. The number of benzene rings is 1. The monoisotopic (exact) mass is 510 g/mol. The molecule has 0 unspecified atom stereocenters. The Hall–Kier alpha value is -3.20. The number of carbonyl (C=O) groups is 2. The highest BCUT2D eigenvalue weighted by molar-refractivity contribution is 9.10. The molecule has 2 amide bonds. The van der Waals surface area contributed by atoms with Gasteiger partial charge in [0.25, 0.3) is 5.91 Å². The third-order valence-corrected chi connectivity index (χ3v) is 7.09. The van der Waals surface area contributed by atoms with Gasteiger partial charge in [-0.25, -0.2) is 9.97 Å². The summed E-state index contributed by atoms with van der Waals surface area (Å²) in [6.07, 6.45) is 4.31. The number of hydrogen-bond donors (Lipinski definition) is 2. The predicted molar refractivity (Wildman–Crippen MR) is 132 cm³/mol. The molecule has 1 aliphatic rings. The van der Waals surface area contributed by atoms with Gasteiger partial charge in [-0.2, -0.15) is 0 Å². The van der Waals surface area contributed by atoms with Crippen molar-refractivity contribution >= 4 is 44.6 Å². The van der Waals surface area contributed by atoms with E-state index in [0.717, 1.165) is 18.4 Å². The van der Waals surface area contributed by atoms with E-state index in [2.05, 4.69) is 44.7 Å². The van der Waals surface area contributed by atoms with Gasteiger partial charge < -0.3 is 20.5 Å². The predicted octanol–water partition coefficient (Wildman–Crippen LogP) is 4.01. The maximum absolute atomic E-state index is 13.4. The van der Waals surface area contributed by atoms with Crippen LogP contribution in [-0.2, 0) is 4.79 Å². The van der Waals surface area contributed by atoms with Gasteiger partial charge in [-0.05, 0) is 47.3 Å². The van der Waals surface area contributed by atoms with Crippen LogP contribution < -0.4 is 11.1 Å². The molecule has 0 bridgehead atoms. The Morgan fingerprint density at radius 3 is 2.73 bits per heavy atom. The molecular formula is C24H27BrN6O2. The number of nitrogens with zero attached hydrogens (tertiary/aromatic N) is 4. The lowest BCUT2D eigenvalue weighted by molar-refractivity contribution is -0.126. The van der Waals surface area contributed by atoms with Crippen LogP contribution in [0.25, 0.3) is 11.0 Å².